The van der Waals surface area contributed by atoms with Crippen molar-refractivity contribution >= 4 is 6.08 Å². The Labute approximate surface area is 148 Å². The van der Waals surface area contributed by atoms with E-state index in [1.807, 2.05) is 6.07 Å². The van der Waals surface area contributed by atoms with E-state index >= 15 is 0 Å². The molecule has 126 valence electrons. The number of aryl methyl sites for hydroxylation is 2. The van der Waals surface area contributed by atoms with Crippen molar-refractivity contribution in [3.8, 4) is 22.8 Å². The van der Waals surface area contributed by atoms with Crippen LogP contribution >= 0.6 is 0 Å². The summed E-state index contributed by atoms with van der Waals surface area (Å²) in [6.45, 7) is 8.66. The van der Waals surface area contributed by atoms with Gasteiger partial charge in [0, 0.05) is 17.0 Å². The summed E-state index contributed by atoms with van der Waals surface area (Å²) >= 11 is 0. The summed E-state index contributed by atoms with van der Waals surface area (Å²) in [7, 11) is 0. The molecule has 3 nitrogen and oxygen atoms in total. The van der Waals surface area contributed by atoms with Crippen molar-refractivity contribution < 1.29 is 4.52 Å². The first kappa shape index (κ1) is 15.8. The zero-order chi connectivity index (χ0) is 17.6. The molecule has 0 amide bonds. The molecule has 1 aliphatic carbocycles. The summed E-state index contributed by atoms with van der Waals surface area (Å²) in [5.74, 6) is 2.31. The predicted molar refractivity (Wildman–Crippen MR) is 101 cm³/mol. The second-order valence-electron chi connectivity index (χ2n) is 7.21. The molecule has 1 atom stereocenters. The lowest BCUT2D eigenvalue weighted by Crippen LogP contribution is -2.01. The van der Waals surface area contributed by atoms with E-state index in [0.29, 0.717) is 23.6 Å². The Bertz CT molecular complexity index is 966. The van der Waals surface area contributed by atoms with E-state index in [0.717, 1.165) is 16.7 Å². The molecule has 0 saturated carbocycles. The zero-order valence-corrected chi connectivity index (χ0v) is 15.1. The maximum Gasteiger partial charge on any atom is 0.258 e. The highest BCUT2D eigenvalue weighted by atomic mass is 16.5. The van der Waals surface area contributed by atoms with E-state index in [-0.39, 0.29) is 0 Å². The first-order valence-electron chi connectivity index (χ1n) is 8.77. The van der Waals surface area contributed by atoms with Gasteiger partial charge in [-0.15, -0.1) is 0 Å². The maximum atomic E-state index is 5.53. The van der Waals surface area contributed by atoms with Gasteiger partial charge in [-0.3, -0.25) is 0 Å². The molecule has 1 aliphatic rings. The zero-order valence-electron chi connectivity index (χ0n) is 15.1. The van der Waals surface area contributed by atoms with Crippen molar-refractivity contribution in [3.63, 3.8) is 0 Å². The second-order valence-corrected chi connectivity index (χ2v) is 7.21. The van der Waals surface area contributed by atoms with E-state index < -0.39 is 0 Å². The van der Waals surface area contributed by atoms with E-state index in [9.17, 15) is 0 Å². The molecule has 0 saturated heterocycles. The quantitative estimate of drug-likeness (QED) is 0.610. The van der Waals surface area contributed by atoms with Gasteiger partial charge in [0.1, 0.15) is 0 Å². The van der Waals surface area contributed by atoms with Crippen LogP contribution in [0.2, 0.25) is 0 Å². The number of hydrogen-bond acceptors (Lipinski definition) is 3. The van der Waals surface area contributed by atoms with E-state index in [1.54, 1.807) is 0 Å². The summed E-state index contributed by atoms with van der Waals surface area (Å²) in [5.41, 5.74) is 7.00. The van der Waals surface area contributed by atoms with Gasteiger partial charge < -0.3 is 4.52 Å². The third-order valence-corrected chi connectivity index (χ3v) is 4.94. The molecule has 0 aliphatic heterocycles. The number of benzene rings is 2. The van der Waals surface area contributed by atoms with Gasteiger partial charge in [0.2, 0.25) is 5.82 Å². The average Bonchev–Trinajstić information content (AvgIpc) is 3.21. The first-order chi connectivity index (χ1) is 12.0. The monoisotopic (exact) mass is 330 g/mol. The lowest BCUT2D eigenvalue weighted by molar-refractivity contribution is 0.432. The third kappa shape index (κ3) is 2.80. The Morgan fingerprint density at radius 1 is 1.04 bits per heavy atom. The van der Waals surface area contributed by atoms with E-state index in [1.165, 1.54) is 16.7 Å². The summed E-state index contributed by atoms with van der Waals surface area (Å²) in [5, 5.41) is 4.20. The van der Waals surface area contributed by atoms with Crippen molar-refractivity contribution in [2.45, 2.75) is 33.6 Å². The SMILES string of the molecule is Cc1ccc(-c2nc(-c3ccc4c(c3)C=CC4C(C)C)no2)c(C)c1. The van der Waals surface area contributed by atoms with Crippen molar-refractivity contribution in [1.82, 2.24) is 10.1 Å². The molecular formula is C22H22N2O. The summed E-state index contributed by atoms with van der Waals surface area (Å²) in [6.07, 6.45) is 4.49. The van der Waals surface area contributed by atoms with Crippen LogP contribution in [0.5, 0.6) is 0 Å². The molecule has 4 rings (SSSR count). The van der Waals surface area contributed by atoms with Gasteiger partial charge in [-0.05, 0) is 48.6 Å². The Balaban J connectivity index is 1.68. The van der Waals surface area contributed by atoms with Crippen LogP contribution < -0.4 is 0 Å². The first-order valence-corrected chi connectivity index (χ1v) is 8.77. The Morgan fingerprint density at radius 2 is 1.88 bits per heavy atom. The van der Waals surface area contributed by atoms with E-state index in [4.69, 9.17) is 4.52 Å². The highest BCUT2D eigenvalue weighted by Gasteiger charge is 2.21. The minimum absolute atomic E-state index is 0.500. The minimum Gasteiger partial charge on any atom is -0.334 e. The summed E-state index contributed by atoms with van der Waals surface area (Å²) < 4.78 is 5.53. The van der Waals surface area contributed by atoms with Crippen LogP contribution in [0.1, 0.15) is 42.0 Å². The summed E-state index contributed by atoms with van der Waals surface area (Å²) in [6, 6.07) is 12.7. The van der Waals surface area contributed by atoms with Gasteiger partial charge in [0.05, 0.1) is 0 Å². The minimum atomic E-state index is 0.500. The largest absolute Gasteiger partial charge is 0.334 e. The van der Waals surface area contributed by atoms with Crippen molar-refractivity contribution in [1.29, 1.82) is 0 Å². The van der Waals surface area contributed by atoms with Gasteiger partial charge in [-0.1, -0.05) is 61.0 Å². The highest BCUT2D eigenvalue weighted by Crippen LogP contribution is 2.37. The number of fused-ring (bicyclic) bond motifs is 1. The van der Waals surface area contributed by atoms with Crippen LogP contribution in [0.15, 0.2) is 47.0 Å². The number of allylic oxidation sites excluding steroid dienone is 1. The fourth-order valence-corrected chi connectivity index (χ4v) is 3.56. The van der Waals surface area contributed by atoms with Crippen LogP contribution in [0.4, 0.5) is 0 Å². The molecule has 0 radical (unpaired) electrons. The normalized spacial score (nSPS) is 15.8. The average molecular weight is 330 g/mol. The lowest BCUT2D eigenvalue weighted by Gasteiger charge is -2.14. The standard InChI is InChI=1S/C22H22N2O/c1-13(2)18-9-6-16-12-17(7-10-20(16)18)21-23-22(25-24-21)19-8-5-14(3)11-15(19)4/h5-13,18H,1-4H3. The second kappa shape index (κ2) is 5.99. The molecule has 0 spiro atoms. The number of hydrogen-bond donors (Lipinski definition) is 0. The third-order valence-electron chi connectivity index (χ3n) is 4.94. The van der Waals surface area contributed by atoms with E-state index in [2.05, 4.69) is 80.3 Å². The van der Waals surface area contributed by atoms with Crippen LogP contribution in [-0.4, -0.2) is 10.1 Å². The maximum absolute atomic E-state index is 5.53. The van der Waals surface area contributed by atoms with Crippen LogP contribution in [-0.2, 0) is 0 Å². The van der Waals surface area contributed by atoms with Crippen molar-refractivity contribution in [3.05, 3.63) is 64.7 Å². The molecule has 1 heterocycles. The fourth-order valence-electron chi connectivity index (χ4n) is 3.56. The number of nitrogens with zero attached hydrogens (tertiary/aromatic N) is 2. The van der Waals surface area contributed by atoms with Crippen LogP contribution in [0.3, 0.4) is 0 Å². The van der Waals surface area contributed by atoms with Gasteiger partial charge in [-0.25, -0.2) is 0 Å². The molecule has 1 unspecified atom stereocenters. The van der Waals surface area contributed by atoms with Gasteiger partial charge >= 0.3 is 0 Å². The molecule has 25 heavy (non-hydrogen) atoms. The Morgan fingerprint density at radius 3 is 2.64 bits per heavy atom. The van der Waals surface area contributed by atoms with Crippen molar-refractivity contribution in [2.24, 2.45) is 5.92 Å². The predicted octanol–water partition coefficient (Wildman–Crippen LogP) is 5.79. The smallest absolute Gasteiger partial charge is 0.258 e. The molecule has 0 fully saturated rings. The lowest BCUT2D eigenvalue weighted by atomic mass is 9.90. The van der Waals surface area contributed by atoms with Crippen LogP contribution in [0, 0.1) is 19.8 Å². The van der Waals surface area contributed by atoms with Gasteiger partial charge in [-0.2, -0.15) is 4.98 Å². The molecule has 1 aromatic heterocycles. The Hall–Kier alpha value is -2.68. The van der Waals surface area contributed by atoms with Crippen LogP contribution in [0.25, 0.3) is 28.9 Å². The number of rotatable bonds is 3. The molecule has 0 N–H and O–H groups in total. The molecule has 2 aromatic carbocycles. The van der Waals surface area contributed by atoms with Gasteiger partial charge in [0.25, 0.3) is 5.89 Å². The highest BCUT2D eigenvalue weighted by molar-refractivity contribution is 5.70. The van der Waals surface area contributed by atoms with Gasteiger partial charge in [0.15, 0.2) is 0 Å². The molecule has 0 bridgehead atoms. The van der Waals surface area contributed by atoms with Crippen molar-refractivity contribution in [2.75, 3.05) is 0 Å². The summed E-state index contributed by atoms with van der Waals surface area (Å²) in [4.78, 5) is 4.62. The molecule has 3 heteroatoms. The molecular weight excluding hydrogens is 308 g/mol. The fraction of sp³-hybridized carbons (Fsp3) is 0.273. The topological polar surface area (TPSA) is 38.9 Å². The molecule has 3 aromatic rings. The number of aromatic nitrogens is 2. The Kier molecular flexibility index (Phi) is 3.79.